The molecule has 0 radical (unpaired) electrons. The number of nitrogens with one attached hydrogen (secondary N) is 2. The predicted molar refractivity (Wildman–Crippen MR) is 90.0 cm³/mol. The number of aryl methyl sites for hydroxylation is 1. The minimum absolute atomic E-state index is 0.113. The molecular formula is C16H26N2O4S. The maximum absolute atomic E-state index is 12.4. The van der Waals surface area contributed by atoms with Gasteiger partial charge in [0.1, 0.15) is 5.75 Å². The summed E-state index contributed by atoms with van der Waals surface area (Å²) in [5, 5.41) is 2.71. The first-order chi connectivity index (χ1) is 10.7. The summed E-state index contributed by atoms with van der Waals surface area (Å²) in [5.41, 5.74) is 0.728. The van der Waals surface area contributed by atoms with Gasteiger partial charge in [-0.3, -0.25) is 4.79 Å². The number of benzene rings is 1. The third-order valence-corrected chi connectivity index (χ3v) is 4.70. The summed E-state index contributed by atoms with van der Waals surface area (Å²) in [6.45, 7) is 10.1. The van der Waals surface area contributed by atoms with E-state index in [1.807, 2.05) is 20.8 Å². The molecule has 1 amide bonds. The summed E-state index contributed by atoms with van der Waals surface area (Å²) in [6, 6.07) is 3.79. The molecule has 23 heavy (non-hydrogen) atoms. The molecule has 0 bridgehead atoms. The maximum atomic E-state index is 12.4. The predicted octanol–water partition coefficient (Wildman–Crippen LogP) is 1.83. The molecule has 0 aliphatic heterocycles. The van der Waals surface area contributed by atoms with Crippen LogP contribution in [-0.2, 0) is 14.8 Å². The van der Waals surface area contributed by atoms with Crippen LogP contribution in [-0.4, -0.2) is 33.5 Å². The summed E-state index contributed by atoms with van der Waals surface area (Å²) in [4.78, 5) is 12.0. The van der Waals surface area contributed by atoms with Crippen molar-refractivity contribution in [3.63, 3.8) is 0 Å². The van der Waals surface area contributed by atoms with Gasteiger partial charge in [-0.2, -0.15) is 4.72 Å². The van der Waals surface area contributed by atoms with Gasteiger partial charge in [0.25, 0.3) is 0 Å². The molecule has 2 N–H and O–H groups in total. The normalized spacial score (nSPS) is 13.0. The van der Waals surface area contributed by atoms with Gasteiger partial charge in [-0.05, 0) is 50.5 Å². The van der Waals surface area contributed by atoms with Crippen molar-refractivity contribution in [3.8, 4) is 5.75 Å². The van der Waals surface area contributed by atoms with Crippen molar-refractivity contribution in [2.75, 3.05) is 13.2 Å². The van der Waals surface area contributed by atoms with Gasteiger partial charge in [-0.15, -0.1) is 0 Å². The molecule has 0 heterocycles. The summed E-state index contributed by atoms with van der Waals surface area (Å²) in [7, 11) is -3.76. The second kappa shape index (κ2) is 8.31. The largest absolute Gasteiger partial charge is 0.494 e. The highest BCUT2D eigenvalue weighted by molar-refractivity contribution is 7.89. The second-order valence-corrected chi connectivity index (χ2v) is 7.56. The Morgan fingerprint density at radius 1 is 1.26 bits per heavy atom. The minimum Gasteiger partial charge on any atom is -0.494 e. The molecule has 130 valence electrons. The summed E-state index contributed by atoms with van der Waals surface area (Å²) in [5.74, 6) is 0.607. The molecule has 0 aliphatic rings. The van der Waals surface area contributed by atoms with Crippen molar-refractivity contribution in [2.24, 2.45) is 5.92 Å². The third-order valence-electron chi connectivity index (χ3n) is 3.17. The van der Waals surface area contributed by atoms with Crippen molar-refractivity contribution in [1.29, 1.82) is 0 Å². The van der Waals surface area contributed by atoms with Crippen LogP contribution >= 0.6 is 0 Å². The Hall–Kier alpha value is -1.60. The lowest BCUT2D eigenvalue weighted by Crippen LogP contribution is -2.45. The fourth-order valence-electron chi connectivity index (χ4n) is 1.92. The topological polar surface area (TPSA) is 84.5 Å². The highest BCUT2D eigenvalue weighted by Gasteiger charge is 2.22. The Labute approximate surface area is 138 Å². The van der Waals surface area contributed by atoms with E-state index in [4.69, 9.17) is 4.74 Å². The number of carbonyl (C=O) groups excluding carboxylic acids is 1. The Kier molecular flexibility index (Phi) is 7.02. The van der Waals surface area contributed by atoms with Gasteiger partial charge >= 0.3 is 0 Å². The van der Waals surface area contributed by atoms with E-state index in [2.05, 4.69) is 10.0 Å². The van der Waals surface area contributed by atoms with Crippen LogP contribution in [0.2, 0.25) is 0 Å². The SMILES string of the molecule is CCOc1ccc(S(=O)(=O)N[C@H](C)C(=O)NCC(C)C)cc1C. The number of ether oxygens (including phenoxy) is 1. The molecular weight excluding hydrogens is 316 g/mol. The molecule has 7 heteroatoms. The van der Waals surface area contributed by atoms with Gasteiger partial charge in [-0.1, -0.05) is 13.8 Å². The number of carbonyl (C=O) groups is 1. The Bertz CT molecular complexity index is 641. The average molecular weight is 342 g/mol. The molecule has 0 unspecified atom stereocenters. The van der Waals surface area contributed by atoms with E-state index in [1.165, 1.54) is 19.1 Å². The molecule has 0 spiro atoms. The molecule has 1 rings (SSSR count). The van der Waals surface area contributed by atoms with Gasteiger partial charge in [-0.25, -0.2) is 8.42 Å². The van der Waals surface area contributed by atoms with Gasteiger partial charge in [0.05, 0.1) is 17.5 Å². The van der Waals surface area contributed by atoms with Crippen LogP contribution in [0.4, 0.5) is 0 Å². The Balaban J connectivity index is 2.82. The van der Waals surface area contributed by atoms with E-state index in [0.29, 0.717) is 24.8 Å². The number of hydrogen-bond acceptors (Lipinski definition) is 4. The fourth-order valence-corrected chi connectivity index (χ4v) is 3.21. The lowest BCUT2D eigenvalue weighted by molar-refractivity contribution is -0.122. The van der Waals surface area contributed by atoms with Crippen LogP contribution in [0.1, 0.15) is 33.3 Å². The minimum atomic E-state index is -3.76. The Morgan fingerprint density at radius 2 is 1.91 bits per heavy atom. The summed E-state index contributed by atoms with van der Waals surface area (Å²) < 4.78 is 32.5. The summed E-state index contributed by atoms with van der Waals surface area (Å²) >= 11 is 0. The highest BCUT2D eigenvalue weighted by Crippen LogP contribution is 2.21. The molecule has 0 saturated heterocycles. The van der Waals surface area contributed by atoms with Crippen LogP contribution in [0.3, 0.4) is 0 Å². The van der Waals surface area contributed by atoms with Crippen LogP contribution in [0.5, 0.6) is 5.75 Å². The van der Waals surface area contributed by atoms with E-state index >= 15 is 0 Å². The van der Waals surface area contributed by atoms with Crippen LogP contribution in [0.25, 0.3) is 0 Å². The fraction of sp³-hybridized carbons (Fsp3) is 0.562. The van der Waals surface area contributed by atoms with Crippen LogP contribution in [0.15, 0.2) is 23.1 Å². The van der Waals surface area contributed by atoms with Crippen molar-refractivity contribution in [1.82, 2.24) is 10.0 Å². The number of hydrogen-bond donors (Lipinski definition) is 2. The van der Waals surface area contributed by atoms with Crippen molar-refractivity contribution < 1.29 is 17.9 Å². The van der Waals surface area contributed by atoms with Crippen molar-refractivity contribution >= 4 is 15.9 Å². The smallest absolute Gasteiger partial charge is 0.241 e. The Morgan fingerprint density at radius 3 is 2.43 bits per heavy atom. The third kappa shape index (κ3) is 5.84. The molecule has 1 aromatic rings. The lowest BCUT2D eigenvalue weighted by atomic mass is 10.2. The van der Waals surface area contributed by atoms with Crippen molar-refractivity contribution in [3.05, 3.63) is 23.8 Å². The van der Waals surface area contributed by atoms with E-state index in [-0.39, 0.29) is 10.8 Å². The first kappa shape index (κ1) is 19.4. The monoisotopic (exact) mass is 342 g/mol. The van der Waals surface area contributed by atoms with Gasteiger partial charge in [0.15, 0.2) is 0 Å². The number of amides is 1. The summed E-state index contributed by atoms with van der Waals surface area (Å²) in [6.07, 6.45) is 0. The zero-order valence-electron chi connectivity index (χ0n) is 14.3. The zero-order chi connectivity index (χ0) is 17.6. The molecule has 1 atom stereocenters. The average Bonchev–Trinajstić information content (AvgIpc) is 2.46. The molecule has 0 aromatic heterocycles. The zero-order valence-corrected chi connectivity index (χ0v) is 15.2. The van der Waals surface area contributed by atoms with E-state index in [1.54, 1.807) is 13.0 Å². The van der Waals surface area contributed by atoms with Gasteiger partial charge in [0.2, 0.25) is 15.9 Å². The molecule has 0 aliphatic carbocycles. The van der Waals surface area contributed by atoms with E-state index in [9.17, 15) is 13.2 Å². The van der Waals surface area contributed by atoms with Crippen LogP contribution < -0.4 is 14.8 Å². The first-order valence-electron chi connectivity index (χ1n) is 7.70. The quantitative estimate of drug-likeness (QED) is 0.755. The van der Waals surface area contributed by atoms with Crippen LogP contribution in [0, 0.1) is 12.8 Å². The first-order valence-corrected chi connectivity index (χ1v) is 9.19. The molecule has 1 aromatic carbocycles. The van der Waals surface area contributed by atoms with Crippen molar-refractivity contribution in [2.45, 2.75) is 45.6 Å². The van der Waals surface area contributed by atoms with E-state index in [0.717, 1.165) is 5.56 Å². The highest BCUT2D eigenvalue weighted by atomic mass is 32.2. The second-order valence-electron chi connectivity index (χ2n) is 5.84. The van der Waals surface area contributed by atoms with Gasteiger partial charge in [0, 0.05) is 6.54 Å². The number of sulfonamides is 1. The lowest BCUT2D eigenvalue weighted by Gasteiger charge is -2.16. The molecule has 6 nitrogen and oxygen atoms in total. The maximum Gasteiger partial charge on any atom is 0.241 e. The molecule has 0 fully saturated rings. The number of rotatable bonds is 8. The standard InChI is InChI=1S/C16H26N2O4S/c1-6-22-15-8-7-14(9-12(15)4)23(20,21)18-13(5)16(19)17-10-11(2)3/h7-9,11,13,18H,6,10H2,1-5H3,(H,17,19)/t13-/m1/s1. The molecule has 0 saturated carbocycles. The van der Waals surface area contributed by atoms with E-state index < -0.39 is 16.1 Å². The van der Waals surface area contributed by atoms with Gasteiger partial charge < -0.3 is 10.1 Å².